The van der Waals surface area contributed by atoms with Crippen LogP contribution in [0.15, 0.2) is 84.9 Å². The van der Waals surface area contributed by atoms with Gasteiger partial charge in [0.25, 0.3) is 0 Å². The minimum atomic E-state index is -0.734. The van der Waals surface area contributed by atoms with Gasteiger partial charge in [0.15, 0.2) is 6.10 Å². The molecule has 0 fully saturated rings. The number of hydrogen-bond donors (Lipinski definition) is 0. The van der Waals surface area contributed by atoms with Crippen LogP contribution in [0.4, 0.5) is 0 Å². The normalized spacial score (nSPS) is 19.9. The van der Waals surface area contributed by atoms with E-state index < -0.39 is 24.1 Å². The number of aryl methyl sites for hydroxylation is 4. The Morgan fingerprint density at radius 3 is 1.48 bits per heavy atom. The molecule has 0 aromatic heterocycles. The fourth-order valence-corrected chi connectivity index (χ4v) is 6.27. The van der Waals surface area contributed by atoms with Crippen molar-refractivity contribution >= 4 is 11.9 Å². The number of benzene rings is 4. The van der Waals surface area contributed by atoms with E-state index >= 15 is 0 Å². The van der Waals surface area contributed by atoms with Crippen molar-refractivity contribution in [2.75, 3.05) is 0 Å². The first kappa shape index (κ1) is 27.4. The molecule has 4 atom stereocenters. The van der Waals surface area contributed by atoms with E-state index in [1.165, 1.54) is 0 Å². The third-order valence-electron chi connectivity index (χ3n) is 8.45. The highest BCUT2D eigenvalue weighted by atomic mass is 16.6. The van der Waals surface area contributed by atoms with Crippen molar-refractivity contribution in [1.82, 2.24) is 0 Å². The first-order chi connectivity index (χ1) is 19.2. The SMILES string of the molecule is Cc1ccc(C)c([C@H]2c3c(C)ccc(C)c3C(C)C(OC(=O)c3ccccc3)C2OC(=O)c2ccccc2)c1C. The van der Waals surface area contributed by atoms with Crippen LogP contribution in [-0.2, 0) is 9.47 Å². The molecule has 0 radical (unpaired) electrons. The first-order valence-corrected chi connectivity index (χ1v) is 13.9. The molecule has 0 heterocycles. The predicted molar refractivity (Wildman–Crippen MR) is 158 cm³/mol. The van der Waals surface area contributed by atoms with E-state index in [4.69, 9.17) is 9.47 Å². The van der Waals surface area contributed by atoms with E-state index in [9.17, 15) is 9.59 Å². The third-order valence-corrected chi connectivity index (χ3v) is 8.45. The zero-order valence-electron chi connectivity index (χ0n) is 24.0. The van der Waals surface area contributed by atoms with Crippen LogP contribution < -0.4 is 0 Å². The zero-order chi connectivity index (χ0) is 28.6. The van der Waals surface area contributed by atoms with Gasteiger partial charge in [0, 0.05) is 5.92 Å². The molecule has 4 aromatic carbocycles. The van der Waals surface area contributed by atoms with Gasteiger partial charge in [0.2, 0.25) is 0 Å². The summed E-state index contributed by atoms with van der Waals surface area (Å²) in [6.45, 7) is 12.6. The van der Waals surface area contributed by atoms with Gasteiger partial charge in [-0.15, -0.1) is 0 Å². The molecule has 4 aromatic rings. The van der Waals surface area contributed by atoms with Gasteiger partial charge in [-0.05, 0) is 103 Å². The molecule has 0 amide bonds. The molecule has 1 aliphatic rings. The van der Waals surface area contributed by atoms with Crippen LogP contribution in [0, 0.1) is 34.6 Å². The highest BCUT2D eigenvalue weighted by Crippen LogP contribution is 2.49. The topological polar surface area (TPSA) is 52.6 Å². The maximum absolute atomic E-state index is 13.6. The third kappa shape index (κ3) is 4.95. The molecule has 1 aliphatic carbocycles. The van der Waals surface area contributed by atoms with Gasteiger partial charge >= 0.3 is 11.9 Å². The summed E-state index contributed by atoms with van der Waals surface area (Å²) in [7, 11) is 0. The standard InChI is InChI=1S/C36H36O4/c1-21-17-18-22(2)29(25(21)5)32-31-24(4)20-19-23(3)30(31)26(6)33(39-35(37)27-13-9-7-10-14-27)34(32)40-36(38)28-15-11-8-12-16-28/h7-20,26,32-34H,1-6H3/t26?,32-,33?,34?/m0/s1. The molecule has 0 bridgehead atoms. The molecule has 4 heteroatoms. The Kier molecular flexibility index (Phi) is 7.62. The molecular weight excluding hydrogens is 496 g/mol. The Balaban J connectivity index is 1.73. The predicted octanol–water partition coefficient (Wildman–Crippen LogP) is 7.93. The molecule has 3 unspecified atom stereocenters. The minimum absolute atomic E-state index is 0.196. The molecule has 4 nitrogen and oxygen atoms in total. The lowest BCUT2D eigenvalue weighted by atomic mass is 9.66. The number of ether oxygens (including phenoxy) is 2. The quantitative estimate of drug-likeness (QED) is 0.245. The van der Waals surface area contributed by atoms with Crippen LogP contribution in [-0.4, -0.2) is 24.1 Å². The van der Waals surface area contributed by atoms with Gasteiger partial charge in [-0.1, -0.05) is 67.6 Å². The van der Waals surface area contributed by atoms with Crippen LogP contribution in [0.1, 0.15) is 84.0 Å². The molecule has 0 spiro atoms. The van der Waals surface area contributed by atoms with E-state index in [2.05, 4.69) is 65.8 Å². The Bertz CT molecular complexity index is 1560. The molecular formula is C36H36O4. The number of rotatable bonds is 5. The number of esters is 2. The van der Waals surface area contributed by atoms with Crippen molar-refractivity contribution < 1.29 is 19.1 Å². The maximum atomic E-state index is 13.6. The van der Waals surface area contributed by atoms with Crippen LogP contribution in [0.2, 0.25) is 0 Å². The molecule has 40 heavy (non-hydrogen) atoms. The summed E-state index contributed by atoms with van der Waals surface area (Å²) >= 11 is 0. The van der Waals surface area contributed by atoms with Gasteiger partial charge in [-0.3, -0.25) is 0 Å². The summed E-state index contributed by atoms with van der Waals surface area (Å²) in [5, 5.41) is 0. The van der Waals surface area contributed by atoms with Crippen LogP contribution in [0.25, 0.3) is 0 Å². The average molecular weight is 533 g/mol. The lowest BCUT2D eigenvalue weighted by Gasteiger charge is -2.44. The fraction of sp³-hybridized carbons (Fsp3) is 0.278. The summed E-state index contributed by atoms with van der Waals surface area (Å²) in [6, 6.07) is 26.5. The smallest absolute Gasteiger partial charge is 0.338 e. The van der Waals surface area contributed by atoms with Gasteiger partial charge in [0.05, 0.1) is 17.0 Å². The van der Waals surface area contributed by atoms with Crippen molar-refractivity contribution in [1.29, 1.82) is 0 Å². The van der Waals surface area contributed by atoms with Crippen molar-refractivity contribution in [2.24, 2.45) is 0 Å². The second-order valence-corrected chi connectivity index (χ2v) is 11.0. The summed E-state index contributed by atoms with van der Waals surface area (Å²) in [4.78, 5) is 27.1. The highest BCUT2D eigenvalue weighted by Gasteiger charge is 2.48. The number of carbonyl (C=O) groups excluding carboxylic acids is 2. The van der Waals surface area contributed by atoms with E-state index in [0.29, 0.717) is 11.1 Å². The van der Waals surface area contributed by atoms with Crippen molar-refractivity contribution in [3.8, 4) is 0 Å². The molecule has 5 rings (SSSR count). The number of hydrogen-bond acceptors (Lipinski definition) is 4. The summed E-state index contributed by atoms with van der Waals surface area (Å²) < 4.78 is 12.8. The highest BCUT2D eigenvalue weighted by molar-refractivity contribution is 5.90. The van der Waals surface area contributed by atoms with Crippen LogP contribution in [0.5, 0.6) is 0 Å². The summed E-state index contributed by atoms with van der Waals surface area (Å²) in [5.74, 6) is -1.37. The van der Waals surface area contributed by atoms with Crippen molar-refractivity contribution in [3.05, 3.63) is 141 Å². The Morgan fingerprint density at radius 2 is 0.950 bits per heavy atom. The minimum Gasteiger partial charge on any atom is -0.454 e. The first-order valence-electron chi connectivity index (χ1n) is 13.9. The van der Waals surface area contributed by atoms with E-state index in [1.807, 2.05) is 36.4 Å². The Labute approximate surface area is 237 Å². The second kappa shape index (κ2) is 11.1. The number of carbonyl (C=O) groups is 2. The van der Waals surface area contributed by atoms with Crippen LogP contribution in [0.3, 0.4) is 0 Å². The van der Waals surface area contributed by atoms with Gasteiger partial charge in [-0.2, -0.15) is 0 Å². The van der Waals surface area contributed by atoms with E-state index in [1.54, 1.807) is 24.3 Å². The molecule has 0 N–H and O–H groups in total. The maximum Gasteiger partial charge on any atom is 0.338 e. The van der Waals surface area contributed by atoms with Gasteiger partial charge in [-0.25, -0.2) is 9.59 Å². The Hall–Kier alpha value is -4.18. The molecule has 204 valence electrons. The zero-order valence-corrected chi connectivity index (χ0v) is 24.0. The van der Waals surface area contributed by atoms with Gasteiger partial charge < -0.3 is 9.47 Å². The van der Waals surface area contributed by atoms with E-state index in [-0.39, 0.29) is 11.8 Å². The second-order valence-electron chi connectivity index (χ2n) is 11.0. The summed E-state index contributed by atoms with van der Waals surface area (Å²) in [6.07, 6.45) is -1.43. The summed E-state index contributed by atoms with van der Waals surface area (Å²) in [5.41, 5.74) is 10.1. The lowest BCUT2D eigenvalue weighted by Crippen LogP contribution is -2.47. The molecule has 0 saturated carbocycles. The molecule has 0 aliphatic heterocycles. The average Bonchev–Trinajstić information content (AvgIpc) is 2.96. The largest absolute Gasteiger partial charge is 0.454 e. The number of fused-ring (bicyclic) bond motifs is 1. The van der Waals surface area contributed by atoms with Crippen molar-refractivity contribution in [3.63, 3.8) is 0 Å². The van der Waals surface area contributed by atoms with Crippen molar-refractivity contribution in [2.45, 2.75) is 65.6 Å². The van der Waals surface area contributed by atoms with E-state index in [0.717, 1.165) is 44.5 Å². The fourth-order valence-electron chi connectivity index (χ4n) is 6.27. The van der Waals surface area contributed by atoms with Gasteiger partial charge in [0.1, 0.15) is 6.10 Å². The van der Waals surface area contributed by atoms with Crippen LogP contribution >= 0.6 is 0 Å². The molecule has 0 saturated heterocycles. The monoisotopic (exact) mass is 532 g/mol. The Morgan fingerprint density at radius 1 is 0.525 bits per heavy atom. The lowest BCUT2D eigenvalue weighted by molar-refractivity contribution is -0.0534.